The fourth-order valence-electron chi connectivity index (χ4n) is 9.63. The van der Waals surface area contributed by atoms with E-state index < -0.39 is 86.8 Å². The number of allylic oxidation sites excluding steroid dienone is 7. The first-order valence-corrected chi connectivity index (χ1v) is 29.9. The fourth-order valence-corrected chi connectivity index (χ4v) is 9.63. The van der Waals surface area contributed by atoms with Crippen LogP contribution in [0.1, 0.15) is 232 Å². The Balaban J connectivity index is 1.75. The SMILES string of the molecule is CCCCCCC/C=C\C/C=C\CCCCCCCCCCCCCCCC(=O)NC(COC1OC(CO)C(OC2OC(CO)C(O)C(O)C2O)C(O)C1O)C(O)/C=C/CC/C=C/CCCCCCCCCCC. The van der Waals surface area contributed by atoms with Gasteiger partial charge in [-0.05, 0) is 64.2 Å². The van der Waals surface area contributed by atoms with Crippen molar-refractivity contribution >= 4 is 5.91 Å². The van der Waals surface area contributed by atoms with Crippen LogP contribution in [0.3, 0.4) is 0 Å². The highest BCUT2D eigenvalue weighted by molar-refractivity contribution is 5.76. The predicted octanol–water partition coefficient (Wildman–Crippen LogP) is 10.0. The molecule has 14 nitrogen and oxygen atoms in total. The maximum absolute atomic E-state index is 13.2. The number of unbranched alkanes of at least 4 members (excludes halogenated alkanes) is 28. The number of aliphatic hydroxyl groups excluding tert-OH is 8. The van der Waals surface area contributed by atoms with Crippen LogP contribution < -0.4 is 5.32 Å². The lowest BCUT2D eigenvalue weighted by molar-refractivity contribution is -0.359. The van der Waals surface area contributed by atoms with E-state index in [-0.39, 0.29) is 18.9 Å². The largest absolute Gasteiger partial charge is 0.394 e. The van der Waals surface area contributed by atoms with Gasteiger partial charge in [0, 0.05) is 6.42 Å². The third-order valence-corrected chi connectivity index (χ3v) is 14.5. The third kappa shape index (κ3) is 31.4. The summed E-state index contributed by atoms with van der Waals surface area (Å²) in [7, 11) is 0. The molecule has 0 radical (unpaired) electrons. The van der Waals surface area contributed by atoms with Crippen LogP contribution in [0.5, 0.6) is 0 Å². The van der Waals surface area contributed by atoms with Crippen molar-refractivity contribution in [1.82, 2.24) is 5.32 Å². The van der Waals surface area contributed by atoms with Crippen LogP contribution in [-0.2, 0) is 23.7 Å². The number of hydrogen-bond acceptors (Lipinski definition) is 13. The summed E-state index contributed by atoms with van der Waals surface area (Å²) in [5.41, 5.74) is 0. The molecule has 2 aliphatic rings. The first-order chi connectivity index (χ1) is 36.1. The minimum absolute atomic E-state index is 0.250. The van der Waals surface area contributed by atoms with Crippen LogP contribution in [0.25, 0.3) is 0 Å². The van der Waals surface area contributed by atoms with Gasteiger partial charge in [-0.3, -0.25) is 4.79 Å². The van der Waals surface area contributed by atoms with Crippen molar-refractivity contribution in [1.29, 1.82) is 0 Å². The Morgan fingerprint density at radius 1 is 0.486 bits per heavy atom. The van der Waals surface area contributed by atoms with Crippen molar-refractivity contribution < 1.29 is 64.6 Å². The summed E-state index contributed by atoms with van der Waals surface area (Å²) in [6.45, 7) is 2.77. The number of carbonyl (C=O) groups excluding carboxylic acids is 1. The van der Waals surface area contributed by atoms with Crippen LogP contribution in [0.2, 0.25) is 0 Å². The molecule has 12 unspecified atom stereocenters. The van der Waals surface area contributed by atoms with Gasteiger partial charge < -0.3 is 65.1 Å². The molecule has 0 aromatic rings. The van der Waals surface area contributed by atoms with Gasteiger partial charge in [-0.25, -0.2) is 0 Å². The van der Waals surface area contributed by atoms with Crippen LogP contribution in [0.4, 0.5) is 0 Å². The topological polar surface area (TPSA) is 228 Å². The summed E-state index contributed by atoms with van der Waals surface area (Å²) >= 11 is 0. The molecule has 2 saturated heterocycles. The van der Waals surface area contributed by atoms with Crippen molar-refractivity contribution in [2.45, 2.75) is 306 Å². The van der Waals surface area contributed by atoms with Crippen molar-refractivity contribution in [3.8, 4) is 0 Å². The predicted molar refractivity (Wildman–Crippen MR) is 295 cm³/mol. The standard InChI is InChI=1S/C60H109NO13/c1-3-5-7-9-11-13-15-17-19-20-21-22-23-24-25-26-27-28-30-32-34-36-38-40-42-44-52(65)61-48(49(64)43-41-39-37-35-33-31-29-18-16-14-12-10-8-6-4-2)47-71-59-57(70)55(68)58(51(46-63)73-59)74-60-56(69)54(67)53(66)50(45-62)72-60/h15,17,20-21,33,35,41,43,48-51,53-60,62-64,66-70H,3-14,16,18-19,22-32,34,36-40,42,44-47H2,1-2H3,(H,61,65)/b17-15-,21-20-,35-33+,43-41+. The van der Waals surface area contributed by atoms with Crippen LogP contribution >= 0.6 is 0 Å². The van der Waals surface area contributed by atoms with Gasteiger partial charge >= 0.3 is 0 Å². The number of ether oxygens (including phenoxy) is 4. The molecule has 0 bridgehead atoms. The quantitative estimate of drug-likeness (QED) is 0.0205. The number of hydrogen-bond donors (Lipinski definition) is 9. The first kappa shape index (κ1) is 68.1. The van der Waals surface area contributed by atoms with E-state index in [1.165, 1.54) is 161 Å². The molecule has 432 valence electrons. The number of carbonyl (C=O) groups is 1. The zero-order valence-corrected chi connectivity index (χ0v) is 46.3. The summed E-state index contributed by atoms with van der Waals surface area (Å²) in [5.74, 6) is -0.250. The molecule has 1 amide bonds. The second-order valence-corrected chi connectivity index (χ2v) is 21.1. The lowest BCUT2D eigenvalue weighted by Crippen LogP contribution is -2.65. The van der Waals surface area contributed by atoms with E-state index in [2.05, 4.69) is 55.6 Å². The van der Waals surface area contributed by atoms with Crippen LogP contribution in [0.15, 0.2) is 48.6 Å². The minimum atomic E-state index is -1.79. The van der Waals surface area contributed by atoms with E-state index in [9.17, 15) is 45.6 Å². The Labute approximate surface area is 448 Å². The smallest absolute Gasteiger partial charge is 0.220 e. The average molecular weight is 1050 g/mol. The normalized spacial score (nSPS) is 25.5. The highest BCUT2D eigenvalue weighted by atomic mass is 16.7. The van der Waals surface area contributed by atoms with Crippen molar-refractivity contribution in [2.24, 2.45) is 0 Å². The second-order valence-electron chi connectivity index (χ2n) is 21.1. The Morgan fingerprint density at radius 2 is 0.905 bits per heavy atom. The lowest BCUT2D eigenvalue weighted by atomic mass is 9.97. The zero-order valence-electron chi connectivity index (χ0n) is 46.3. The number of aliphatic hydroxyl groups is 8. The second kappa shape index (κ2) is 45.9. The summed E-state index contributed by atoms with van der Waals surface area (Å²) < 4.78 is 22.7. The highest BCUT2D eigenvalue weighted by Gasteiger charge is 2.51. The summed E-state index contributed by atoms with van der Waals surface area (Å²) in [5, 5.41) is 87.0. The molecule has 0 saturated carbocycles. The van der Waals surface area contributed by atoms with E-state index in [4.69, 9.17) is 18.9 Å². The van der Waals surface area contributed by atoms with Crippen LogP contribution in [0, 0.1) is 0 Å². The summed E-state index contributed by atoms with van der Waals surface area (Å²) in [4.78, 5) is 13.2. The molecule has 2 rings (SSSR count). The van der Waals surface area contributed by atoms with Gasteiger partial charge in [-0.1, -0.05) is 210 Å². The number of nitrogens with one attached hydrogen (secondary N) is 1. The monoisotopic (exact) mass is 1050 g/mol. The molecular weight excluding hydrogens is 943 g/mol. The average Bonchev–Trinajstić information content (AvgIpc) is 3.40. The Kier molecular flexibility index (Phi) is 42.2. The van der Waals surface area contributed by atoms with E-state index in [1.807, 2.05) is 6.08 Å². The molecule has 14 heteroatoms. The molecule has 0 aliphatic carbocycles. The number of rotatable bonds is 47. The highest BCUT2D eigenvalue weighted by Crippen LogP contribution is 2.30. The van der Waals surface area contributed by atoms with Crippen LogP contribution in [-0.4, -0.2) is 140 Å². The van der Waals surface area contributed by atoms with E-state index in [0.29, 0.717) is 12.8 Å². The maximum atomic E-state index is 13.2. The van der Waals surface area contributed by atoms with Gasteiger partial charge in [0.25, 0.3) is 0 Å². The Morgan fingerprint density at radius 3 is 1.41 bits per heavy atom. The van der Waals surface area contributed by atoms with Gasteiger partial charge in [-0.15, -0.1) is 0 Å². The Bertz CT molecular complexity index is 1430. The van der Waals surface area contributed by atoms with Gasteiger partial charge in [0.2, 0.25) is 5.91 Å². The molecule has 0 aromatic heterocycles. The zero-order chi connectivity index (χ0) is 53.9. The molecule has 0 aromatic carbocycles. The summed E-state index contributed by atoms with van der Waals surface area (Å²) in [6.07, 6.45) is 40.1. The van der Waals surface area contributed by atoms with Gasteiger partial charge in [0.1, 0.15) is 48.8 Å². The maximum Gasteiger partial charge on any atom is 0.220 e. The fraction of sp³-hybridized carbons (Fsp3) is 0.850. The molecular formula is C60H109NO13. The lowest BCUT2D eigenvalue weighted by Gasteiger charge is -2.46. The van der Waals surface area contributed by atoms with E-state index in [0.717, 1.165) is 38.5 Å². The van der Waals surface area contributed by atoms with Gasteiger partial charge in [-0.2, -0.15) is 0 Å². The van der Waals surface area contributed by atoms with Gasteiger partial charge in [0.05, 0.1) is 32.0 Å². The summed E-state index contributed by atoms with van der Waals surface area (Å²) in [6, 6.07) is -0.932. The Hall–Kier alpha value is -2.05. The molecule has 74 heavy (non-hydrogen) atoms. The minimum Gasteiger partial charge on any atom is -0.394 e. The molecule has 2 heterocycles. The van der Waals surface area contributed by atoms with E-state index >= 15 is 0 Å². The van der Waals surface area contributed by atoms with Gasteiger partial charge in [0.15, 0.2) is 12.6 Å². The van der Waals surface area contributed by atoms with Crippen molar-refractivity contribution in [3.63, 3.8) is 0 Å². The van der Waals surface area contributed by atoms with Crippen molar-refractivity contribution in [2.75, 3.05) is 19.8 Å². The first-order valence-electron chi connectivity index (χ1n) is 29.9. The third-order valence-electron chi connectivity index (χ3n) is 14.5. The molecule has 2 fully saturated rings. The molecule has 2 aliphatic heterocycles. The number of amides is 1. The molecule has 9 N–H and O–H groups in total. The molecule has 12 atom stereocenters. The molecule has 0 spiro atoms. The van der Waals surface area contributed by atoms with Crippen molar-refractivity contribution in [3.05, 3.63) is 48.6 Å². The van der Waals surface area contributed by atoms with E-state index in [1.54, 1.807) is 6.08 Å².